The van der Waals surface area contributed by atoms with Gasteiger partial charge in [0.05, 0.1) is 5.92 Å². The molecule has 0 aliphatic carbocycles. The summed E-state index contributed by atoms with van der Waals surface area (Å²) in [5.74, 6) is 0.567. The first kappa shape index (κ1) is 17.5. The standard InChI is InChI=1S/C19H21NO2.ClH/c21-19(22-18-9-5-2-6-10-18)17-11-13-20(14-12-17)15-16-7-3-1-4-8-16;/h1-10,17H,11-15H2;1H. The second kappa shape index (κ2) is 8.70. The number of ether oxygens (including phenoxy) is 1. The lowest BCUT2D eigenvalue weighted by Gasteiger charge is -2.30. The third-order valence-electron chi connectivity index (χ3n) is 4.13. The van der Waals surface area contributed by atoms with Gasteiger partial charge in [0.15, 0.2) is 0 Å². The van der Waals surface area contributed by atoms with Gasteiger partial charge in [-0.05, 0) is 43.6 Å². The zero-order valence-corrected chi connectivity index (χ0v) is 13.9. The zero-order chi connectivity index (χ0) is 15.2. The number of carbonyl (C=O) groups is 1. The Labute approximate surface area is 143 Å². The van der Waals surface area contributed by atoms with E-state index in [1.165, 1.54) is 5.56 Å². The quantitative estimate of drug-likeness (QED) is 0.628. The van der Waals surface area contributed by atoms with Crippen molar-refractivity contribution >= 4 is 18.4 Å². The minimum atomic E-state index is -0.0921. The summed E-state index contributed by atoms with van der Waals surface area (Å²) in [6.45, 7) is 2.86. The number of benzene rings is 2. The maximum absolute atomic E-state index is 12.2. The summed E-state index contributed by atoms with van der Waals surface area (Å²) in [7, 11) is 0. The Morgan fingerprint density at radius 1 is 0.957 bits per heavy atom. The van der Waals surface area contributed by atoms with Gasteiger partial charge in [-0.2, -0.15) is 0 Å². The number of carbonyl (C=O) groups excluding carboxylic acids is 1. The number of hydrogen-bond acceptors (Lipinski definition) is 3. The van der Waals surface area contributed by atoms with E-state index in [9.17, 15) is 4.79 Å². The van der Waals surface area contributed by atoms with Crippen molar-refractivity contribution in [3.63, 3.8) is 0 Å². The van der Waals surface area contributed by atoms with E-state index in [1.54, 1.807) is 0 Å². The van der Waals surface area contributed by atoms with Crippen LogP contribution in [0.25, 0.3) is 0 Å². The fourth-order valence-electron chi connectivity index (χ4n) is 2.86. The van der Waals surface area contributed by atoms with Crippen molar-refractivity contribution in [3.05, 3.63) is 66.2 Å². The number of para-hydroxylation sites is 1. The lowest BCUT2D eigenvalue weighted by atomic mass is 9.96. The van der Waals surface area contributed by atoms with Crippen LogP contribution in [0, 0.1) is 5.92 Å². The normalized spacial score (nSPS) is 15.7. The number of piperidine rings is 1. The lowest BCUT2D eigenvalue weighted by Crippen LogP contribution is -2.37. The van der Waals surface area contributed by atoms with Crippen LogP contribution in [-0.2, 0) is 11.3 Å². The third kappa shape index (κ3) is 5.08. The molecule has 1 saturated heterocycles. The molecule has 4 heteroatoms. The van der Waals surface area contributed by atoms with E-state index < -0.39 is 0 Å². The molecule has 0 N–H and O–H groups in total. The molecule has 0 radical (unpaired) electrons. The number of likely N-dealkylation sites (tertiary alicyclic amines) is 1. The van der Waals surface area contributed by atoms with E-state index in [2.05, 4.69) is 29.2 Å². The summed E-state index contributed by atoms with van der Waals surface area (Å²) in [6, 6.07) is 19.8. The maximum Gasteiger partial charge on any atom is 0.314 e. The van der Waals surface area contributed by atoms with Gasteiger partial charge in [0.2, 0.25) is 0 Å². The van der Waals surface area contributed by atoms with Crippen LogP contribution in [-0.4, -0.2) is 24.0 Å². The molecule has 0 unspecified atom stereocenters. The molecule has 3 nitrogen and oxygen atoms in total. The average molecular weight is 332 g/mol. The molecule has 1 fully saturated rings. The molecule has 1 heterocycles. The highest BCUT2D eigenvalue weighted by molar-refractivity contribution is 5.85. The first-order valence-corrected chi connectivity index (χ1v) is 7.84. The third-order valence-corrected chi connectivity index (χ3v) is 4.13. The van der Waals surface area contributed by atoms with E-state index >= 15 is 0 Å². The molecule has 0 aromatic heterocycles. The molecule has 0 bridgehead atoms. The Morgan fingerprint density at radius 2 is 1.52 bits per heavy atom. The molecular weight excluding hydrogens is 310 g/mol. The van der Waals surface area contributed by atoms with Gasteiger partial charge in [-0.3, -0.25) is 9.69 Å². The topological polar surface area (TPSA) is 29.5 Å². The predicted molar refractivity (Wildman–Crippen MR) is 93.8 cm³/mol. The minimum absolute atomic E-state index is 0. The van der Waals surface area contributed by atoms with Crippen molar-refractivity contribution in [3.8, 4) is 5.75 Å². The van der Waals surface area contributed by atoms with Gasteiger partial charge in [-0.15, -0.1) is 12.4 Å². The summed E-state index contributed by atoms with van der Waals surface area (Å²) < 4.78 is 5.45. The highest BCUT2D eigenvalue weighted by atomic mass is 35.5. The molecule has 23 heavy (non-hydrogen) atoms. The van der Waals surface area contributed by atoms with Crippen molar-refractivity contribution in [2.75, 3.05) is 13.1 Å². The second-order valence-corrected chi connectivity index (χ2v) is 5.77. The van der Waals surface area contributed by atoms with Crippen LogP contribution in [0.15, 0.2) is 60.7 Å². The highest BCUT2D eigenvalue weighted by Gasteiger charge is 2.26. The molecule has 0 spiro atoms. The van der Waals surface area contributed by atoms with E-state index in [-0.39, 0.29) is 24.3 Å². The van der Waals surface area contributed by atoms with Crippen LogP contribution in [0.4, 0.5) is 0 Å². The Kier molecular flexibility index (Phi) is 6.63. The summed E-state index contributed by atoms with van der Waals surface area (Å²) >= 11 is 0. The smallest absolute Gasteiger partial charge is 0.314 e. The molecule has 3 rings (SSSR count). The van der Waals surface area contributed by atoms with Crippen molar-refractivity contribution < 1.29 is 9.53 Å². The van der Waals surface area contributed by atoms with Crippen molar-refractivity contribution in [2.45, 2.75) is 19.4 Å². The average Bonchev–Trinajstić information content (AvgIpc) is 2.57. The minimum Gasteiger partial charge on any atom is -0.426 e. The summed E-state index contributed by atoms with van der Waals surface area (Å²) in [4.78, 5) is 14.6. The number of esters is 1. The van der Waals surface area contributed by atoms with Crippen molar-refractivity contribution in [2.24, 2.45) is 5.92 Å². The maximum atomic E-state index is 12.2. The molecule has 0 saturated carbocycles. The van der Waals surface area contributed by atoms with Crippen molar-refractivity contribution in [1.29, 1.82) is 0 Å². The van der Waals surface area contributed by atoms with Gasteiger partial charge in [0.25, 0.3) is 0 Å². The second-order valence-electron chi connectivity index (χ2n) is 5.77. The Balaban J connectivity index is 0.00000192. The lowest BCUT2D eigenvalue weighted by molar-refractivity contribution is -0.140. The first-order chi connectivity index (χ1) is 10.8. The van der Waals surface area contributed by atoms with E-state index in [4.69, 9.17) is 4.74 Å². The van der Waals surface area contributed by atoms with Crippen LogP contribution in [0.5, 0.6) is 5.75 Å². The number of hydrogen-bond donors (Lipinski definition) is 0. The molecule has 0 amide bonds. The largest absolute Gasteiger partial charge is 0.426 e. The number of nitrogens with zero attached hydrogens (tertiary/aromatic N) is 1. The summed E-state index contributed by atoms with van der Waals surface area (Å²) in [5.41, 5.74) is 1.33. The van der Waals surface area contributed by atoms with Crippen molar-refractivity contribution in [1.82, 2.24) is 4.90 Å². The molecule has 1 aliphatic heterocycles. The Hall–Kier alpha value is -1.84. The molecule has 2 aromatic carbocycles. The zero-order valence-electron chi connectivity index (χ0n) is 13.1. The highest BCUT2D eigenvalue weighted by Crippen LogP contribution is 2.21. The number of rotatable bonds is 4. The van der Waals surface area contributed by atoms with E-state index in [1.807, 2.05) is 36.4 Å². The van der Waals surface area contributed by atoms with E-state index in [0.717, 1.165) is 32.5 Å². The summed E-state index contributed by atoms with van der Waals surface area (Å²) in [6.07, 6.45) is 1.75. The first-order valence-electron chi connectivity index (χ1n) is 7.84. The Bertz CT molecular complexity index is 595. The van der Waals surface area contributed by atoms with Crippen LogP contribution < -0.4 is 4.74 Å². The summed E-state index contributed by atoms with van der Waals surface area (Å²) in [5, 5.41) is 0. The molecular formula is C19H22ClNO2. The monoisotopic (exact) mass is 331 g/mol. The van der Waals surface area contributed by atoms with E-state index in [0.29, 0.717) is 5.75 Å². The van der Waals surface area contributed by atoms with Gasteiger partial charge < -0.3 is 4.74 Å². The van der Waals surface area contributed by atoms with Gasteiger partial charge in [0.1, 0.15) is 5.75 Å². The predicted octanol–water partition coefficient (Wildman–Crippen LogP) is 3.93. The molecule has 1 aliphatic rings. The molecule has 2 aromatic rings. The fourth-order valence-corrected chi connectivity index (χ4v) is 2.86. The van der Waals surface area contributed by atoms with Crippen LogP contribution in [0.3, 0.4) is 0 Å². The van der Waals surface area contributed by atoms with Gasteiger partial charge in [0, 0.05) is 6.54 Å². The SMILES string of the molecule is Cl.O=C(Oc1ccccc1)C1CCN(Cc2ccccc2)CC1. The van der Waals surface area contributed by atoms with Gasteiger partial charge in [-0.25, -0.2) is 0 Å². The number of halogens is 1. The molecule has 122 valence electrons. The van der Waals surface area contributed by atoms with Gasteiger partial charge >= 0.3 is 5.97 Å². The Morgan fingerprint density at radius 3 is 2.13 bits per heavy atom. The fraction of sp³-hybridized carbons (Fsp3) is 0.316. The van der Waals surface area contributed by atoms with Crippen LogP contribution in [0.2, 0.25) is 0 Å². The molecule has 0 atom stereocenters. The van der Waals surface area contributed by atoms with Gasteiger partial charge in [-0.1, -0.05) is 48.5 Å². The van der Waals surface area contributed by atoms with Crippen LogP contribution in [0.1, 0.15) is 18.4 Å². The van der Waals surface area contributed by atoms with Crippen LogP contribution >= 0.6 is 12.4 Å².